The van der Waals surface area contributed by atoms with E-state index in [9.17, 15) is 4.79 Å². The lowest BCUT2D eigenvalue weighted by Crippen LogP contribution is -2.43. The molecule has 2 rings (SSSR count). The van der Waals surface area contributed by atoms with Crippen molar-refractivity contribution in [2.75, 3.05) is 92.8 Å². The molecule has 2 fully saturated rings. The molecule has 1 N–H and O–H groups in total. The van der Waals surface area contributed by atoms with Crippen LogP contribution in [0.2, 0.25) is 0 Å². The molecule has 1 atom stereocenters. The zero-order valence-electron chi connectivity index (χ0n) is 19.0. The Balaban J connectivity index is 1.85. The van der Waals surface area contributed by atoms with E-state index in [-0.39, 0.29) is 12.5 Å². The number of rotatable bonds is 10. The normalized spacial score (nSPS) is 21.1. The highest BCUT2D eigenvalue weighted by molar-refractivity contribution is 5.85. The van der Waals surface area contributed by atoms with Gasteiger partial charge in [0.15, 0.2) is 5.96 Å². The van der Waals surface area contributed by atoms with Gasteiger partial charge in [0.2, 0.25) is 5.91 Å². The van der Waals surface area contributed by atoms with Gasteiger partial charge in [0.25, 0.3) is 0 Å². The van der Waals surface area contributed by atoms with E-state index in [2.05, 4.69) is 38.9 Å². The lowest BCUT2D eigenvalue weighted by atomic mass is 10.1. The number of likely N-dealkylation sites (N-methyl/N-ethyl adjacent to an activating group) is 1. The predicted molar refractivity (Wildman–Crippen MR) is 118 cm³/mol. The largest absolute Gasteiger partial charge is 0.379 e. The molecule has 0 aromatic carbocycles. The molecule has 0 saturated carbocycles. The van der Waals surface area contributed by atoms with Crippen molar-refractivity contribution in [1.29, 1.82) is 0 Å². The van der Waals surface area contributed by atoms with Gasteiger partial charge in [-0.3, -0.25) is 9.69 Å². The van der Waals surface area contributed by atoms with Crippen LogP contribution in [0.4, 0.5) is 0 Å². The maximum atomic E-state index is 12.0. The molecular weight excluding hydrogens is 368 g/mol. The van der Waals surface area contributed by atoms with E-state index in [0.29, 0.717) is 5.92 Å². The molecule has 0 radical (unpaired) electrons. The first kappa shape index (κ1) is 23.9. The lowest BCUT2D eigenvalue weighted by Gasteiger charge is -2.27. The van der Waals surface area contributed by atoms with Gasteiger partial charge in [-0.15, -0.1) is 0 Å². The minimum Gasteiger partial charge on any atom is -0.379 e. The summed E-state index contributed by atoms with van der Waals surface area (Å²) in [6, 6.07) is 0. The number of hydrogen-bond acceptors (Lipinski definition) is 5. The van der Waals surface area contributed by atoms with Crippen molar-refractivity contribution in [3.8, 4) is 0 Å². The van der Waals surface area contributed by atoms with Crippen LogP contribution in [0.5, 0.6) is 0 Å². The molecule has 1 amide bonds. The zero-order chi connectivity index (χ0) is 21.1. The number of ether oxygens (including phenoxy) is 1. The van der Waals surface area contributed by atoms with Gasteiger partial charge < -0.3 is 24.8 Å². The fourth-order valence-corrected chi connectivity index (χ4v) is 3.90. The third-order valence-corrected chi connectivity index (χ3v) is 5.90. The van der Waals surface area contributed by atoms with Crippen molar-refractivity contribution in [3.63, 3.8) is 0 Å². The second-order valence-electron chi connectivity index (χ2n) is 8.25. The second kappa shape index (κ2) is 13.0. The predicted octanol–water partition coefficient (Wildman–Crippen LogP) is 0.406. The first-order valence-corrected chi connectivity index (χ1v) is 11.3. The van der Waals surface area contributed by atoms with Crippen molar-refractivity contribution in [2.24, 2.45) is 10.9 Å². The third kappa shape index (κ3) is 8.48. The highest BCUT2D eigenvalue weighted by Crippen LogP contribution is 2.17. The number of guanidine groups is 1. The van der Waals surface area contributed by atoms with Crippen LogP contribution in [-0.2, 0) is 9.53 Å². The maximum Gasteiger partial charge on any atom is 0.243 e. The van der Waals surface area contributed by atoms with Gasteiger partial charge in [0, 0.05) is 53.4 Å². The standard InChI is InChI=1S/C21H42N6O2/c1-5-25(6-2)17-19-8-11-27(18-19)21(23-16-20(28)24(3)4)22-9-7-10-26-12-14-29-15-13-26/h19H,5-18H2,1-4H3,(H,22,23). The number of carbonyl (C=O) groups excluding carboxylic acids is 1. The molecule has 2 saturated heterocycles. The summed E-state index contributed by atoms with van der Waals surface area (Å²) >= 11 is 0. The minimum atomic E-state index is 0.0384. The number of likely N-dealkylation sites (tertiary alicyclic amines) is 1. The second-order valence-corrected chi connectivity index (χ2v) is 8.25. The third-order valence-electron chi connectivity index (χ3n) is 5.90. The molecule has 0 aromatic heterocycles. The monoisotopic (exact) mass is 410 g/mol. The summed E-state index contributed by atoms with van der Waals surface area (Å²) in [5.74, 6) is 1.60. The average Bonchev–Trinajstić information content (AvgIpc) is 3.20. The van der Waals surface area contributed by atoms with Gasteiger partial charge in [-0.05, 0) is 38.4 Å². The lowest BCUT2D eigenvalue weighted by molar-refractivity contribution is -0.127. The summed E-state index contributed by atoms with van der Waals surface area (Å²) in [6.45, 7) is 15.7. The van der Waals surface area contributed by atoms with Crippen LogP contribution in [0.15, 0.2) is 4.99 Å². The summed E-state index contributed by atoms with van der Waals surface area (Å²) in [6.07, 6.45) is 2.25. The van der Waals surface area contributed by atoms with Crippen LogP contribution in [0, 0.1) is 5.92 Å². The van der Waals surface area contributed by atoms with Crippen molar-refractivity contribution in [2.45, 2.75) is 26.7 Å². The smallest absolute Gasteiger partial charge is 0.243 e. The van der Waals surface area contributed by atoms with Crippen molar-refractivity contribution < 1.29 is 9.53 Å². The summed E-state index contributed by atoms with van der Waals surface area (Å²) in [4.78, 5) is 25.6. The van der Waals surface area contributed by atoms with E-state index >= 15 is 0 Å². The van der Waals surface area contributed by atoms with E-state index < -0.39 is 0 Å². The number of nitrogens with one attached hydrogen (secondary N) is 1. The molecule has 2 aliphatic rings. The Morgan fingerprint density at radius 3 is 2.55 bits per heavy atom. The molecule has 0 spiro atoms. The van der Waals surface area contributed by atoms with Gasteiger partial charge in [-0.2, -0.15) is 0 Å². The van der Waals surface area contributed by atoms with E-state index in [1.807, 2.05) is 0 Å². The maximum absolute atomic E-state index is 12.0. The SMILES string of the molecule is CCN(CC)CC1CCN(C(=NCC(=O)N(C)C)NCCCN2CCOCC2)C1. The molecule has 0 bridgehead atoms. The van der Waals surface area contributed by atoms with Crippen LogP contribution < -0.4 is 5.32 Å². The van der Waals surface area contributed by atoms with Gasteiger partial charge in [-0.1, -0.05) is 13.8 Å². The highest BCUT2D eigenvalue weighted by Gasteiger charge is 2.26. The van der Waals surface area contributed by atoms with Gasteiger partial charge in [0.05, 0.1) is 13.2 Å². The molecule has 8 heteroatoms. The Morgan fingerprint density at radius 2 is 1.90 bits per heavy atom. The van der Waals surface area contributed by atoms with E-state index in [4.69, 9.17) is 4.74 Å². The number of hydrogen-bond donors (Lipinski definition) is 1. The fourth-order valence-electron chi connectivity index (χ4n) is 3.90. The fraction of sp³-hybridized carbons (Fsp3) is 0.905. The topological polar surface area (TPSA) is 63.7 Å². The number of amides is 1. The van der Waals surface area contributed by atoms with Crippen LogP contribution >= 0.6 is 0 Å². The zero-order valence-corrected chi connectivity index (χ0v) is 19.0. The molecule has 0 aliphatic carbocycles. The first-order valence-electron chi connectivity index (χ1n) is 11.3. The number of nitrogens with zero attached hydrogens (tertiary/aromatic N) is 5. The Labute approximate surface area is 177 Å². The van der Waals surface area contributed by atoms with Gasteiger partial charge in [0.1, 0.15) is 6.54 Å². The molecule has 2 aliphatic heterocycles. The molecule has 2 heterocycles. The molecule has 29 heavy (non-hydrogen) atoms. The molecule has 168 valence electrons. The first-order chi connectivity index (χ1) is 14.0. The molecular formula is C21H42N6O2. The number of morpholine rings is 1. The highest BCUT2D eigenvalue weighted by atomic mass is 16.5. The number of aliphatic imine (C=N–C) groups is 1. The quantitative estimate of drug-likeness (QED) is 0.320. The molecule has 8 nitrogen and oxygen atoms in total. The number of carbonyl (C=O) groups is 1. The van der Waals surface area contributed by atoms with Gasteiger partial charge in [-0.25, -0.2) is 4.99 Å². The van der Waals surface area contributed by atoms with Crippen molar-refractivity contribution in [3.05, 3.63) is 0 Å². The Hall–Kier alpha value is -1.38. The summed E-state index contributed by atoms with van der Waals surface area (Å²) < 4.78 is 5.42. The molecule has 1 unspecified atom stereocenters. The van der Waals surface area contributed by atoms with E-state index in [1.165, 1.54) is 6.42 Å². The summed E-state index contributed by atoms with van der Waals surface area (Å²) in [5.41, 5.74) is 0. The van der Waals surface area contributed by atoms with Crippen LogP contribution in [0.1, 0.15) is 26.7 Å². The van der Waals surface area contributed by atoms with Gasteiger partial charge >= 0.3 is 0 Å². The van der Waals surface area contributed by atoms with Crippen LogP contribution in [-0.4, -0.2) is 124 Å². The van der Waals surface area contributed by atoms with E-state index in [1.54, 1.807) is 19.0 Å². The van der Waals surface area contributed by atoms with E-state index in [0.717, 1.165) is 84.5 Å². The summed E-state index contributed by atoms with van der Waals surface area (Å²) in [7, 11) is 3.56. The Kier molecular flexibility index (Phi) is 10.7. The Morgan fingerprint density at radius 1 is 1.17 bits per heavy atom. The minimum absolute atomic E-state index is 0.0384. The van der Waals surface area contributed by atoms with Crippen molar-refractivity contribution in [1.82, 2.24) is 24.9 Å². The Bertz CT molecular complexity index is 503. The summed E-state index contributed by atoms with van der Waals surface area (Å²) in [5, 5.41) is 3.53. The molecule has 0 aromatic rings. The van der Waals surface area contributed by atoms with Crippen molar-refractivity contribution >= 4 is 11.9 Å². The average molecular weight is 411 g/mol. The van der Waals surface area contributed by atoms with Crippen LogP contribution in [0.25, 0.3) is 0 Å². The van der Waals surface area contributed by atoms with Crippen LogP contribution in [0.3, 0.4) is 0 Å².